The number of piperidine rings is 1. The van der Waals surface area contributed by atoms with Crippen molar-refractivity contribution in [2.24, 2.45) is 5.92 Å². The van der Waals surface area contributed by atoms with Gasteiger partial charge in [-0.15, -0.1) is 0 Å². The third kappa shape index (κ3) is 13.8. The molecule has 1 aliphatic rings. The summed E-state index contributed by atoms with van der Waals surface area (Å²) in [5.41, 5.74) is -0.318. The van der Waals surface area contributed by atoms with Crippen LogP contribution in [0, 0.1) is 5.92 Å². The Morgan fingerprint density at radius 1 is 1.30 bits per heavy atom. The quantitative estimate of drug-likeness (QED) is 0.566. The summed E-state index contributed by atoms with van der Waals surface area (Å²) in [6.07, 6.45) is 2.68. The van der Waals surface area contributed by atoms with Crippen LogP contribution in [0.15, 0.2) is 0 Å². The Balaban J connectivity index is 0.000000441. The molecular weight excluding hydrogens is 254 g/mol. The largest absolute Gasteiger partial charge is 0.462 e. The van der Waals surface area contributed by atoms with Crippen LogP contribution in [0.5, 0.6) is 0 Å². The lowest BCUT2D eigenvalue weighted by Crippen LogP contribution is -2.35. The minimum absolute atomic E-state index is 0.318. The molecule has 0 unspecified atom stereocenters. The van der Waals surface area contributed by atoms with E-state index >= 15 is 0 Å². The predicted octanol–water partition coefficient (Wildman–Crippen LogP) is 1.10. The van der Waals surface area contributed by atoms with Crippen molar-refractivity contribution in [3.05, 3.63) is 0 Å². The van der Waals surface area contributed by atoms with E-state index in [9.17, 15) is 4.79 Å². The van der Waals surface area contributed by atoms with Gasteiger partial charge in [0.05, 0.1) is 0 Å². The van der Waals surface area contributed by atoms with Crippen molar-refractivity contribution < 1.29 is 9.53 Å². The maximum atomic E-state index is 9.60. The van der Waals surface area contributed by atoms with Gasteiger partial charge in [-0.1, -0.05) is 0 Å². The highest BCUT2D eigenvalue weighted by molar-refractivity contribution is 5.37. The second kappa shape index (κ2) is 11.1. The first-order chi connectivity index (χ1) is 9.35. The maximum Gasteiger partial charge on any atom is 0.293 e. The molecule has 1 heterocycles. The van der Waals surface area contributed by atoms with Crippen molar-refractivity contribution in [1.29, 1.82) is 0 Å². The molecule has 0 aromatic rings. The molecule has 0 saturated carbocycles. The molecule has 1 aliphatic heterocycles. The Morgan fingerprint density at radius 3 is 2.30 bits per heavy atom. The van der Waals surface area contributed by atoms with Gasteiger partial charge in [-0.05, 0) is 73.3 Å². The molecule has 0 atom stereocenters. The standard InChI is InChI=1S/C10H23N3.C5H10O2/c1-13(2)8-7-12-9-10-3-5-11-6-4-10;1-5(2,3)7-4-6/h10-12H,3-9H2,1-2H3;4H,1-3H3. The zero-order valence-corrected chi connectivity index (χ0v) is 13.9. The summed E-state index contributed by atoms with van der Waals surface area (Å²) < 4.78 is 4.55. The number of nitrogens with one attached hydrogen (secondary N) is 2. The van der Waals surface area contributed by atoms with Crippen molar-refractivity contribution in [1.82, 2.24) is 15.5 Å². The van der Waals surface area contributed by atoms with Crippen LogP contribution < -0.4 is 10.6 Å². The molecule has 5 heteroatoms. The van der Waals surface area contributed by atoms with Crippen LogP contribution in [-0.4, -0.2) is 63.8 Å². The molecule has 0 amide bonds. The Morgan fingerprint density at radius 2 is 1.90 bits per heavy atom. The highest BCUT2D eigenvalue weighted by Crippen LogP contribution is 2.09. The second-order valence-electron chi connectivity index (χ2n) is 6.53. The Hall–Kier alpha value is -0.650. The molecule has 1 saturated heterocycles. The summed E-state index contributed by atoms with van der Waals surface area (Å²) in [5.74, 6) is 0.906. The van der Waals surface area contributed by atoms with Gasteiger partial charge >= 0.3 is 0 Å². The summed E-state index contributed by atoms with van der Waals surface area (Å²) in [6.45, 7) is 11.8. The highest BCUT2D eigenvalue weighted by Gasteiger charge is 2.11. The van der Waals surface area contributed by atoms with E-state index in [1.165, 1.54) is 32.5 Å². The van der Waals surface area contributed by atoms with Gasteiger partial charge in [0.25, 0.3) is 6.47 Å². The lowest BCUT2D eigenvalue weighted by atomic mass is 9.98. The third-order valence-electron chi connectivity index (χ3n) is 3.03. The summed E-state index contributed by atoms with van der Waals surface area (Å²) in [7, 11) is 4.23. The minimum atomic E-state index is -0.318. The average Bonchev–Trinajstić information content (AvgIpc) is 2.35. The topological polar surface area (TPSA) is 53.6 Å². The third-order valence-corrected chi connectivity index (χ3v) is 3.03. The van der Waals surface area contributed by atoms with Gasteiger partial charge in [0.2, 0.25) is 0 Å². The number of likely N-dealkylation sites (N-methyl/N-ethyl adjacent to an activating group) is 1. The lowest BCUT2D eigenvalue weighted by molar-refractivity contribution is -0.138. The molecule has 1 fully saturated rings. The van der Waals surface area contributed by atoms with Crippen molar-refractivity contribution in [2.75, 3.05) is 46.8 Å². The fraction of sp³-hybridized carbons (Fsp3) is 0.933. The molecule has 0 spiro atoms. The molecule has 0 aromatic heterocycles. The highest BCUT2D eigenvalue weighted by atomic mass is 16.5. The van der Waals surface area contributed by atoms with Crippen LogP contribution in [0.3, 0.4) is 0 Å². The van der Waals surface area contributed by atoms with Crippen molar-refractivity contribution in [3.8, 4) is 0 Å². The zero-order valence-electron chi connectivity index (χ0n) is 13.9. The van der Waals surface area contributed by atoms with Crippen LogP contribution >= 0.6 is 0 Å². The van der Waals surface area contributed by atoms with Crippen molar-refractivity contribution >= 4 is 6.47 Å². The van der Waals surface area contributed by atoms with Crippen molar-refractivity contribution in [2.45, 2.75) is 39.2 Å². The summed E-state index contributed by atoms with van der Waals surface area (Å²) in [5, 5.41) is 6.90. The Kier molecular flexibility index (Phi) is 10.7. The number of nitrogens with zero attached hydrogens (tertiary/aromatic N) is 1. The average molecular weight is 287 g/mol. The first kappa shape index (κ1) is 19.4. The number of hydrogen-bond donors (Lipinski definition) is 2. The summed E-state index contributed by atoms with van der Waals surface area (Å²) in [4.78, 5) is 11.8. The molecule has 0 bridgehead atoms. The molecule has 5 nitrogen and oxygen atoms in total. The minimum Gasteiger partial charge on any atom is -0.462 e. The monoisotopic (exact) mass is 287 g/mol. The number of hydrogen-bond acceptors (Lipinski definition) is 5. The fourth-order valence-electron chi connectivity index (χ4n) is 1.84. The molecule has 0 aliphatic carbocycles. The van der Waals surface area contributed by atoms with Gasteiger partial charge in [0, 0.05) is 13.1 Å². The number of ether oxygens (including phenoxy) is 1. The predicted molar refractivity (Wildman–Crippen MR) is 83.9 cm³/mol. The van der Waals surface area contributed by atoms with E-state index < -0.39 is 0 Å². The number of rotatable bonds is 6. The molecular formula is C15H33N3O2. The van der Waals surface area contributed by atoms with Gasteiger partial charge in [0.15, 0.2) is 0 Å². The lowest BCUT2D eigenvalue weighted by Gasteiger charge is -2.23. The molecule has 2 N–H and O–H groups in total. The first-order valence-corrected chi connectivity index (χ1v) is 7.53. The molecule has 1 rings (SSSR count). The van der Waals surface area contributed by atoms with E-state index in [1.807, 2.05) is 20.8 Å². The fourth-order valence-corrected chi connectivity index (χ4v) is 1.84. The van der Waals surface area contributed by atoms with Crippen LogP contribution in [0.4, 0.5) is 0 Å². The van der Waals surface area contributed by atoms with E-state index in [0.717, 1.165) is 19.0 Å². The molecule has 120 valence electrons. The van der Waals surface area contributed by atoms with E-state index in [4.69, 9.17) is 0 Å². The molecule has 0 aromatic carbocycles. The van der Waals surface area contributed by atoms with Crippen molar-refractivity contribution in [3.63, 3.8) is 0 Å². The van der Waals surface area contributed by atoms with Gasteiger partial charge in [-0.2, -0.15) is 0 Å². The van der Waals surface area contributed by atoms with Gasteiger partial charge in [-0.3, -0.25) is 4.79 Å². The van der Waals surface area contributed by atoms with Crippen LogP contribution in [0.25, 0.3) is 0 Å². The van der Waals surface area contributed by atoms with Gasteiger partial charge < -0.3 is 20.3 Å². The Bertz CT molecular complexity index is 234. The number of carbonyl (C=O) groups is 1. The Labute approximate surface area is 124 Å². The van der Waals surface area contributed by atoms with Crippen LogP contribution in [0.1, 0.15) is 33.6 Å². The van der Waals surface area contributed by atoms with E-state index in [-0.39, 0.29) is 5.60 Å². The van der Waals surface area contributed by atoms with Gasteiger partial charge in [0.1, 0.15) is 5.60 Å². The summed E-state index contributed by atoms with van der Waals surface area (Å²) >= 11 is 0. The molecule has 0 radical (unpaired) electrons. The van der Waals surface area contributed by atoms with E-state index in [0.29, 0.717) is 6.47 Å². The van der Waals surface area contributed by atoms with Crippen LogP contribution in [-0.2, 0) is 9.53 Å². The summed E-state index contributed by atoms with van der Waals surface area (Å²) in [6, 6.07) is 0. The van der Waals surface area contributed by atoms with E-state index in [1.54, 1.807) is 0 Å². The first-order valence-electron chi connectivity index (χ1n) is 7.53. The second-order valence-corrected chi connectivity index (χ2v) is 6.53. The van der Waals surface area contributed by atoms with Crippen LogP contribution in [0.2, 0.25) is 0 Å². The maximum absolute atomic E-state index is 9.60. The number of carbonyl (C=O) groups excluding carboxylic acids is 1. The normalized spacial score (nSPS) is 16.5. The zero-order chi connectivity index (χ0) is 15.4. The smallest absolute Gasteiger partial charge is 0.293 e. The molecule has 20 heavy (non-hydrogen) atoms. The SMILES string of the molecule is CC(C)(C)OC=O.CN(C)CCNCC1CCNCC1. The van der Waals surface area contributed by atoms with Gasteiger partial charge in [-0.25, -0.2) is 0 Å². The van der Waals surface area contributed by atoms with E-state index in [2.05, 4.69) is 34.4 Å².